The van der Waals surface area contributed by atoms with Crippen LogP contribution in [0.3, 0.4) is 0 Å². The van der Waals surface area contributed by atoms with E-state index >= 15 is 0 Å². The van der Waals surface area contributed by atoms with Gasteiger partial charge in [0.05, 0.1) is 10.7 Å². The Labute approximate surface area is 92.5 Å². The molecule has 1 aromatic rings. The highest BCUT2D eigenvalue weighted by Gasteiger charge is 2.31. The number of fused-ring (bicyclic) bond motifs is 1. The van der Waals surface area contributed by atoms with Gasteiger partial charge in [0.15, 0.2) is 0 Å². The van der Waals surface area contributed by atoms with Crippen molar-refractivity contribution in [2.24, 2.45) is 9.98 Å². The molecule has 0 bridgehead atoms. The molecule has 1 atom stereocenters. The van der Waals surface area contributed by atoms with Crippen molar-refractivity contribution in [1.29, 1.82) is 0 Å². The van der Waals surface area contributed by atoms with Gasteiger partial charge >= 0.3 is 6.09 Å². The highest BCUT2D eigenvalue weighted by atomic mass is 16.4. The molecule has 5 nitrogen and oxygen atoms in total. The molecule has 2 N–H and O–H groups in total. The van der Waals surface area contributed by atoms with Crippen molar-refractivity contribution in [3.63, 3.8) is 0 Å². The van der Waals surface area contributed by atoms with Crippen LogP contribution in [-0.2, 0) is 0 Å². The van der Waals surface area contributed by atoms with E-state index in [0.717, 1.165) is 16.3 Å². The fraction of sp³-hybridized carbons (Fsp3) is 0.364. The first-order valence-electron chi connectivity index (χ1n) is 5.13. The van der Waals surface area contributed by atoms with Crippen molar-refractivity contribution >= 4 is 6.09 Å². The molecule has 1 heterocycles. The molecule has 84 valence electrons. The molecule has 0 aliphatic carbocycles. The van der Waals surface area contributed by atoms with Gasteiger partial charge in [-0.1, -0.05) is 19.1 Å². The monoisotopic (exact) mass is 219 g/mol. The Kier molecular flexibility index (Phi) is 2.38. The minimum absolute atomic E-state index is 0.493. The van der Waals surface area contributed by atoms with E-state index in [2.05, 4.69) is 15.3 Å². The second-order valence-corrected chi connectivity index (χ2v) is 3.77. The van der Waals surface area contributed by atoms with E-state index in [9.17, 15) is 4.79 Å². The predicted octanol–water partition coefficient (Wildman–Crippen LogP) is 0.579. The number of aryl methyl sites for hydroxylation is 1. The summed E-state index contributed by atoms with van der Waals surface area (Å²) < 4.78 is 0. The van der Waals surface area contributed by atoms with E-state index in [0.29, 0.717) is 6.42 Å². The molecule has 0 radical (unpaired) electrons. The lowest BCUT2D eigenvalue weighted by Crippen LogP contribution is -2.43. The number of hydrogen-bond acceptors (Lipinski definition) is 3. The van der Waals surface area contributed by atoms with Crippen LogP contribution in [0, 0.1) is 6.92 Å². The number of carboxylic acid groups (broad SMARTS) is 1. The largest absolute Gasteiger partial charge is 0.465 e. The van der Waals surface area contributed by atoms with E-state index in [4.69, 9.17) is 5.11 Å². The van der Waals surface area contributed by atoms with Gasteiger partial charge in [-0.25, -0.2) is 14.8 Å². The summed E-state index contributed by atoms with van der Waals surface area (Å²) in [6, 6.07) is 5.66. The number of amides is 1. The lowest BCUT2D eigenvalue weighted by atomic mass is 10.2. The third kappa shape index (κ3) is 1.64. The summed E-state index contributed by atoms with van der Waals surface area (Å²) in [5, 5.41) is 12.7. The Morgan fingerprint density at radius 2 is 2.25 bits per heavy atom. The van der Waals surface area contributed by atoms with Crippen molar-refractivity contribution in [2.75, 3.05) is 0 Å². The maximum Gasteiger partial charge on any atom is 0.408 e. The SMILES string of the molecule is CCC1(NC(=O)O)N=c2cccc(C)c2=N1. The number of nitrogens with zero attached hydrogens (tertiary/aromatic N) is 2. The van der Waals surface area contributed by atoms with Crippen molar-refractivity contribution in [3.8, 4) is 0 Å². The van der Waals surface area contributed by atoms with Gasteiger partial charge in [0, 0.05) is 6.42 Å². The third-order valence-corrected chi connectivity index (χ3v) is 2.62. The van der Waals surface area contributed by atoms with Crippen molar-refractivity contribution < 1.29 is 9.90 Å². The normalized spacial score (nSPS) is 21.9. The number of rotatable bonds is 2. The first-order valence-corrected chi connectivity index (χ1v) is 5.13. The minimum atomic E-state index is -1.11. The molecule has 1 amide bonds. The fourth-order valence-electron chi connectivity index (χ4n) is 1.76. The van der Waals surface area contributed by atoms with Crippen molar-refractivity contribution in [1.82, 2.24) is 5.32 Å². The second kappa shape index (κ2) is 3.59. The van der Waals surface area contributed by atoms with Crippen molar-refractivity contribution in [2.45, 2.75) is 26.1 Å². The molecule has 2 rings (SSSR count). The van der Waals surface area contributed by atoms with Crippen LogP contribution in [0.2, 0.25) is 0 Å². The Morgan fingerprint density at radius 3 is 2.81 bits per heavy atom. The van der Waals surface area contributed by atoms with Gasteiger partial charge in [0.2, 0.25) is 5.79 Å². The maximum atomic E-state index is 10.7. The van der Waals surface area contributed by atoms with Gasteiger partial charge in [-0.15, -0.1) is 0 Å². The fourth-order valence-corrected chi connectivity index (χ4v) is 1.76. The molecule has 1 aliphatic heterocycles. The molecule has 0 spiro atoms. The average molecular weight is 219 g/mol. The van der Waals surface area contributed by atoms with Crippen LogP contribution in [0.4, 0.5) is 4.79 Å². The topological polar surface area (TPSA) is 74.0 Å². The predicted molar refractivity (Wildman–Crippen MR) is 57.7 cm³/mol. The Balaban J connectivity index is 2.57. The molecule has 16 heavy (non-hydrogen) atoms. The summed E-state index contributed by atoms with van der Waals surface area (Å²) in [5.74, 6) is -1.04. The number of benzene rings is 1. The van der Waals surface area contributed by atoms with Crippen molar-refractivity contribution in [3.05, 3.63) is 34.5 Å². The van der Waals surface area contributed by atoms with Gasteiger partial charge in [0.25, 0.3) is 0 Å². The summed E-state index contributed by atoms with van der Waals surface area (Å²) in [5.41, 5.74) is 1.00. The van der Waals surface area contributed by atoms with E-state index in [1.165, 1.54) is 0 Å². The van der Waals surface area contributed by atoms with Crippen LogP contribution < -0.4 is 16.0 Å². The van der Waals surface area contributed by atoms with Gasteiger partial charge in [-0.3, -0.25) is 5.32 Å². The van der Waals surface area contributed by atoms with Crippen LogP contribution in [0.15, 0.2) is 28.2 Å². The molecule has 0 saturated heterocycles. The van der Waals surface area contributed by atoms with Gasteiger partial charge in [0.1, 0.15) is 0 Å². The molecule has 0 saturated carbocycles. The molecule has 5 heteroatoms. The molecular formula is C11H13N3O2. The third-order valence-electron chi connectivity index (χ3n) is 2.62. The minimum Gasteiger partial charge on any atom is -0.465 e. The van der Waals surface area contributed by atoms with E-state index in [-0.39, 0.29) is 0 Å². The first-order chi connectivity index (χ1) is 7.56. The van der Waals surface area contributed by atoms with E-state index in [1.54, 1.807) is 0 Å². The lowest BCUT2D eigenvalue weighted by Gasteiger charge is -2.20. The van der Waals surface area contributed by atoms with E-state index in [1.807, 2.05) is 32.0 Å². The quantitative estimate of drug-likeness (QED) is 0.763. The summed E-state index contributed by atoms with van der Waals surface area (Å²) in [6.07, 6.45) is -0.618. The Morgan fingerprint density at radius 1 is 1.50 bits per heavy atom. The zero-order chi connectivity index (χ0) is 11.8. The molecule has 1 aromatic carbocycles. The summed E-state index contributed by atoms with van der Waals surface area (Å²) in [4.78, 5) is 19.5. The van der Waals surface area contributed by atoms with Crippen LogP contribution in [0.25, 0.3) is 0 Å². The number of carbonyl (C=O) groups is 1. The molecule has 1 unspecified atom stereocenters. The molecule has 0 fully saturated rings. The average Bonchev–Trinajstić information content (AvgIpc) is 2.58. The smallest absolute Gasteiger partial charge is 0.408 e. The van der Waals surface area contributed by atoms with Crippen LogP contribution >= 0.6 is 0 Å². The number of para-hydroxylation sites is 1. The molecule has 1 aliphatic rings. The highest BCUT2D eigenvalue weighted by molar-refractivity contribution is 5.65. The van der Waals surface area contributed by atoms with Crippen LogP contribution in [0.5, 0.6) is 0 Å². The zero-order valence-electron chi connectivity index (χ0n) is 9.19. The van der Waals surface area contributed by atoms with Gasteiger partial charge in [-0.05, 0) is 18.6 Å². The van der Waals surface area contributed by atoms with Crippen LogP contribution in [-0.4, -0.2) is 17.0 Å². The Hall–Kier alpha value is -1.91. The maximum absolute atomic E-state index is 10.7. The van der Waals surface area contributed by atoms with E-state index < -0.39 is 11.9 Å². The first kappa shape index (κ1) is 10.6. The molecule has 0 aromatic heterocycles. The van der Waals surface area contributed by atoms with Gasteiger partial charge < -0.3 is 5.11 Å². The lowest BCUT2D eigenvalue weighted by molar-refractivity contribution is 0.178. The number of nitrogens with one attached hydrogen (secondary N) is 1. The highest BCUT2D eigenvalue weighted by Crippen LogP contribution is 2.14. The second-order valence-electron chi connectivity index (χ2n) is 3.77. The Bertz CT molecular complexity index is 553. The standard InChI is InChI=1S/C11H13N3O2/c1-3-11(14-10(15)16)12-8-6-4-5-7(2)9(8)13-11/h4-6,14H,3H2,1-2H3,(H,15,16). The summed E-state index contributed by atoms with van der Waals surface area (Å²) in [6.45, 7) is 3.79. The zero-order valence-corrected chi connectivity index (χ0v) is 9.19. The van der Waals surface area contributed by atoms with Gasteiger partial charge in [-0.2, -0.15) is 0 Å². The number of hydrogen-bond donors (Lipinski definition) is 2. The van der Waals surface area contributed by atoms with Crippen LogP contribution in [0.1, 0.15) is 18.9 Å². The summed E-state index contributed by atoms with van der Waals surface area (Å²) in [7, 11) is 0. The molecular weight excluding hydrogens is 206 g/mol. The summed E-state index contributed by atoms with van der Waals surface area (Å²) >= 11 is 0.